The van der Waals surface area contributed by atoms with Gasteiger partial charge in [-0.25, -0.2) is 9.59 Å². The number of aliphatic carboxylic acids is 1. The van der Waals surface area contributed by atoms with Crippen LogP contribution >= 0.6 is 0 Å². The predicted molar refractivity (Wildman–Crippen MR) is 88.6 cm³/mol. The molecule has 2 aromatic rings. The zero-order chi connectivity index (χ0) is 17.0. The average molecular weight is 318 g/mol. The highest BCUT2D eigenvalue weighted by molar-refractivity contribution is 5.89. The van der Waals surface area contributed by atoms with Crippen LogP contribution in [-0.2, 0) is 4.79 Å². The fraction of sp³-hybridized carbons (Fsp3) is 0.471. The number of carboxylic acids is 1. The van der Waals surface area contributed by atoms with Gasteiger partial charge in [0.2, 0.25) is 0 Å². The molecule has 6 nitrogen and oxygen atoms in total. The lowest BCUT2D eigenvalue weighted by atomic mass is 9.84. The van der Waals surface area contributed by atoms with Crippen LogP contribution in [0.2, 0.25) is 0 Å². The first-order valence-corrected chi connectivity index (χ1v) is 7.71. The molecule has 1 atom stereocenters. The molecule has 0 saturated carbocycles. The zero-order valence-electron chi connectivity index (χ0n) is 13.6. The summed E-state index contributed by atoms with van der Waals surface area (Å²) in [4.78, 5) is 26.9. The maximum absolute atomic E-state index is 11.6. The highest BCUT2D eigenvalue weighted by atomic mass is 16.4. The molecule has 0 amide bonds. The van der Waals surface area contributed by atoms with E-state index >= 15 is 0 Å². The van der Waals surface area contributed by atoms with E-state index in [0.29, 0.717) is 17.4 Å². The van der Waals surface area contributed by atoms with E-state index in [0.717, 1.165) is 12.8 Å². The Morgan fingerprint density at radius 2 is 2.09 bits per heavy atom. The standard InChI is InChI=1S/C17H22N2O4/c1-4-17(2,3)10-9-12(15(20)21)18-14-11-7-5-6-8-13(11)23-16(22)19-14/h5-8,12H,4,9-10H2,1-3H3,(H,20,21)(H,18,19,22)/t12-/m0/s1. The minimum Gasteiger partial charge on any atom is -0.480 e. The van der Waals surface area contributed by atoms with Crippen LogP contribution in [-0.4, -0.2) is 22.1 Å². The van der Waals surface area contributed by atoms with E-state index in [4.69, 9.17) is 4.42 Å². The lowest BCUT2D eigenvalue weighted by molar-refractivity contribution is -0.138. The molecule has 6 heteroatoms. The third kappa shape index (κ3) is 4.31. The van der Waals surface area contributed by atoms with Gasteiger partial charge in [0.1, 0.15) is 17.4 Å². The van der Waals surface area contributed by atoms with Gasteiger partial charge in [-0.3, -0.25) is 0 Å². The maximum Gasteiger partial charge on any atom is 0.441 e. The van der Waals surface area contributed by atoms with E-state index < -0.39 is 17.8 Å². The molecule has 1 heterocycles. The molecule has 0 saturated heterocycles. The minimum absolute atomic E-state index is 0.0700. The van der Waals surface area contributed by atoms with Crippen molar-refractivity contribution in [2.24, 2.45) is 5.41 Å². The van der Waals surface area contributed by atoms with Gasteiger partial charge < -0.3 is 14.8 Å². The minimum atomic E-state index is -0.962. The number of nitrogens with zero attached hydrogens (tertiary/aromatic N) is 1. The fourth-order valence-corrected chi connectivity index (χ4v) is 2.26. The number of hydrogen-bond acceptors (Lipinski definition) is 5. The Labute approximate surface area is 134 Å². The summed E-state index contributed by atoms with van der Waals surface area (Å²) in [5.41, 5.74) is 0.452. The SMILES string of the molecule is CCC(C)(C)CC[C@H](Nc1nc(=O)oc2ccccc12)C(=O)O. The molecule has 2 rings (SSSR count). The second-order valence-corrected chi connectivity index (χ2v) is 6.42. The van der Waals surface area contributed by atoms with Crippen molar-refractivity contribution in [1.82, 2.24) is 4.98 Å². The molecule has 0 unspecified atom stereocenters. The normalized spacial score (nSPS) is 13.0. The van der Waals surface area contributed by atoms with E-state index in [2.05, 4.69) is 31.1 Å². The van der Waals surface area contributed by atoms with Gasteiger partial charge in [-0.15, -0.1) is 0 Å². The van der Waals surface area contributed by atoms with Crippen molar-refractivity contribution in [3.05, 3.63) is 34.8 Å². The number of rotatable bonds is 7. The highest BCUT2D eigenvalue weighted by Gasteiger charge is 2.23. The molecule has 1 aromatic heterocycles. The number of carboxylic acid groups (broad SMARTS) is 1. The van der Waals surface area contributed by atoms with E-state index in [1.165, 1.54) is 0 Å². The summed E-state index contributed by atoms with van der Waals surface area (Å²) in [5.74, 6) is -1.46. The molecule has 0 bridgehead atoms. The van der Waals surface area contributed by atoms with Crippen LogP contribution in [0.1, 0.15) is 40.0 Å². The first-order chi connectivity index (χ1) is 10.8. The summed E-state index contributed by atoms with van der Waals surface area (Å²) in [6.07, 6.45) is 2.18. The summed E-state index contributed by atoms with van der Waals surface area (Å²) < 4.78 is 5.02. The summed E-state index contributed by atoms with van der Waals surface area (Å²) >= 11 is 0. The monoisotopic (exact) mass is 318 g/mol. The van der Waals surface area contributed by atoms with E-state index in [1.807, 2.05) is 0 Å². The molecule has 0 spiro atoms. The summed E-state index contributed by atoms with van der Waals surface area (Å²) in [5, 5.41) is 12.9. The van der Waals surface area contributed by atoms with Crippen LogP contribution in [0.4, 0.5) is 5.82 Å². The van der Waals surface area contributed by atoms with Crippen molar-refractivity contribution in [2.75, 3.05) is 5.32 Å². The number of fused-ring (bicyclic) bond motifs is 1. The quantitative estimate of drug-likeness (QED) is 0.814. The Bertz CT molecular complexity index is 752. The van der Waals surface area contributed by atoms with Crippen LogP contribution in [0.5, 0.6) is 0 Å². The van der Waals surface area contributed by atoms with Gasteiger partial charge in [-0.1, -0.05) is 39.3 Å². The van der Waals surface area contributed by atoms with Crippen LogP contribution in [0.25, 0.3) is 11.0 Å². The number of aromatic nitrogens is 1. The largest absolute Gasteiger partial charge is 0.480 e. The zero-order valence-corrected chi connectivity index (χ0v) is 13.6. The molecule has 124 valence electrons. The number of anilines is 1. The molecule has 0 aliphatic carbocycles. The summed E-state index contributed by atoms with van der Waals surface area (Å²) in [7, 11) is 0. The topological polar surface area (TPSA) is 92.4 Å². The van der Waals surface area contributed by atoms with E-state index in [-0.39, 0.29) is 11.2 Å². The molecule has 0 aliphatic heterocycles. The van der Waals surface area contributed by atoms with Crippen molar-refractivity contribution >= 4 is 22.8 Å². The van der Waals surface area contributed by atoms with Crippen LogP contribution in [0.3, 0.4) is 0 Å². The number of carbonyl (C=O) groups is 1. The highest BCUT2D eigenvalue weighted by Crippen LogP contribution is 2.28. The Morgan fingerprint density at radius 1 is 1.39 bits per heavy atom. The van der Waals surface area contributed by atoms with Crippen molar-refractivity contribution in [1.29, 1.82) is 0 Å². The van der Waals surface area contributed by atoms with Crippen LogP contribution < -0.4 is 11.1 Å². The lowest BCUT2D eigenvalue weighted by Crippen LogP contribution is -2.32. The van der Waals surface area contributed by atoms with Gasteiger partial charge in [0.15, 0.2) is 0 Å². The number of hydrogen-bond donors (Lipinski definition) is 2. The van der Waals surface area contributed by atoms with Gasteiger partial charge in [0.25, 0.3) is 0 Å². The third-order valence-corrected chi connectivity index (χ3v) is 4.22. The maximum atomic E-state index is 11.6. The molecule has 0 aliphatic rings. The molecule has 0 radical (unpaired) electrons. The fourth-order valence-electron chi connectivity index (χ4n) is 2.26. The number of benzene rings is 1. The molecular formula is C17H22N2O4. The molecule has 0 fully saturated rings. The molecule has 2 N–H and O–H groups in total. The van der Waals surface area contributed by atoms with Gasteiger partial charge in [-0.05, 0) is 30.4 Å². The van der Waals surface area contributed by atoms with E-state index in [9.17, 15) is 14.7 Å². The summed E-state index contributed by atoms with van der Waals surface area (Å²) in [6.45, 7) is 6.30. The van der Waals surface area contributed by atoms with E-state index in [1.54, 1.807) is 24.3 Å². The van der Waals surface area contributed by atoms with Crippen molar-refractivity contribution in [3.8, 4) is 0 Å². The Morgan fingerprint density at radius 3 is 2.74 bits per heavy atom. The van der Waals surface area contributed by atoms with Crippen molar-refractivity contribution in [2.45, 2.75) is 46.1 Å². The van der Waals surface area contributed by atoms with Gasteiger partial charge in [-0.2, -0.15) is 4.98 Å². The second kappa shape index (κ2) is 6.81. The Balaban J connectivity index is 2.27. The Hall–Kier alpha value is -2.37. The Kier molecular flexibility index (Phi) is 5.03. The first kappa shape index (κ1) is 17.0. The number of nitrogens with one attached hydrogen (secondary N) is 1. The average Bonchev–Trinajstić information content (AvgIpc) is 2.50. The molecule has 1 aromatic carbocycles. The van der Waals surface area contributed by atoms with Gasteiger partial charge >= 0.3 is 11.7 Å². The van der Waals surface area contributed by atoms with Crippen LogP contribution in [0, 0.1) is 5.41 Å². The molecule has 23 heavy (non-hydrogen) atoms. The lowest BCUT2D eigenvalue weighted by Gasteiger charge is -2.25. The third-order valence-electron chi connectivity index (χ3n) is 4.22. The second-order valence-electron chi connectivity index (χ2n) is 6.42. The predicted octanol–water partition coefficient (Wildman–Crippen LogP) is 3.27. The van der Waals surface area contributed by atoms with Gasteiger partial charge in [0.05, 0.1) is 5.39 Å². The smallest absolute Gasteiger partial charge is 0.441 e. The van der Waals surface area contributed by atoms with Crippen molar-refractivity contribution < 1.29 is 14.3 Å². The van der Waals surface area contributed by atoms with Gasteiger partial charge in [0, 0.05) is 0 Å². The first-order valence-electron chi connectivity index (χ1n) is 7.71. The number of para-hydroxylation sites is 1. The van der Waals surface area contributed by atoms with Crippen molar-refractivity contribution in [3.63, 3.8) is 0 Å². The molecular weight excluding hydrogens is 296 g/mol. The summed E-state index contributed by atoms with van der Waals surface area (Å²) in [6, 6.07) is 6.11. The van der Waals surface area contributed by atoms with Crippen LogP contribution in [0.15, 0.2) is 33.5 Å².